The minimum atomic E-state index is 0.860. The predicted octanol–water partition coefficient (Wildman–Crippen LogP) is 12.2. The maximum absolute atomic E-state index is 6.37. The molecule has 0 saturated heterocycles. The lowest BCUT2D eigenvalue weighted by molar-refractivity contribution is 0.668. The molecule has 0 aliphatic rings. The van der Waals surface area contributed by atoms with Crippen molar-refractivity contribution in [3.63, 3.8) is 0 Å². The van der Waals surface area contributed by atoms with Crippen molar-refractivity contribution in [2.45, 2.75) is 0 Å². The maximum atomic E-state index is 6.37. The monoisotopic (exact) mass is 577 g/mol. The molecule has 7 aromatic carbocycles. The van der Waals surface area contributed by atoms with Crippen molar-refractivity contribution in [2.75, 3.05) is 5.32 Å². The fourth-order valence-corrected chi connectivity index (χ4v) is 6.49. The second-order valence-corrected chi connectivity index (χ2v) is 11.4. The summed E-state index contributed by atoms with van der Waals surface area (Å²) in [5.74, 6) is 0. The van der Waals surface area contributed by atoms with Crippen molar-refractivity contribution in [2.24, 2.45) is 0 Å². The SMILES string of the molecule is c1ccc(-c2ccc(-c3cccc4oc5cccc(Nc6ccc(-c7ccc8c(c7)oc7ccccc78)cc6)c5c34)cc2)cc1. The number of hydrogen-bond acceptors (Lipinski definition) is 3. The molecule has 0 radical (unpaired) electrons. The van der Waals surface area contributed by atoms with E-state index in [-0.39, 0.29) is 0 Å². The Morgan fingerprint density at radius 2 is 0.933 bits per heavy atom. The summed E-state index contributed by atoms with van der Waals surface area (Å²) in [5.41, 5.74) is 12.5. The molecular formula is C42H27NO2. The van der Waals surface area contributed by atoms with E-state index >= 15 is 0 Å². The summed E-state index contributed by atoms with van der Waals surface area (Å²) >= 11 is 0. The Balaban J connectivity index is 1.07. The van der Waals surface area contributed by atoms with Gasteiger partial charge in [-0.2, -0.15) is 0 Å². The smallest absolute Gasteiger partial charge is 0.137 e. The second kappa shape index (κ2) is 10.3. The number of fused-ring (bicyclic) bond motifs is 6. The third kappa shape index (κ3) is 4.37. The van der Waals surface area contributed by atoms with Crippen LogP contribution < -0.4 is 5.32 Å². The van der Waals surface area contributed by atoms with Crippen LogP contribution in [-0.2, 0) is 0 Å². The van der Waals surface area contributed by atoms with Crippen LogP contribution in [-0.4, -0.2) is 0 Å². The lowest BCUT2D eigenvalue weighted by Gasteiger charge is -2.11. The Hall–Kier alpha value is -6.06. The standard InChI is InChI=1S/C42H27NO2/c1-2-8-27(9-3-1)28-16-18-30(19-17-28)33-11-6-14-38-41(33)42-36(12-7-15-39(42)45-38)43-32-23-20-29(21-24-32)31-22-25-35-34-10-4-5-13-37(34)44-40(35)26-31/h1-26,43H. The summed E-state index contributed by atoms with van der Waals surface area (Å²) in [6, 6.07) is 55.0. The lowest BCUT2D eigenvalue weighted by Crippen LogP contribution is -1.91. The van der Waals surface area contributed by atoms with Crippen molar-refractivity contribution in [1.82, 2.24) is 0 Å². The molecule has 2 heterocycles. The van der Waals surface area contributed by atoms with Gasteiger partial charge in [-0.1, -0.05) is 109 Å². The van der Waals surface area contributed by atoms with Gasteiger partial charge < -0.3 is 14.2 Å². The van der Waals surface area contributed by atoms with Crippen LogP contribution in [0.5, 0.6) is 0 Å². The molecule has 0 unspecified atom stereocenters. The first kappa shape index (κ1) is 25.4. The predicted molar refractivity (Wildman–Crippen MR) is 187 cm³/mol. The van der Waals surface area contributed by atoms with Gasteiger partial charge in [0, 0.05) is 21.8 Å². The molecule has 212 valence electrons. The highest BCUT2D eigenvalue weighted by atomic mass is 16.3. The van der Waals surface area contributed by atoms with E-state index in [2.05, 4.69) is 127 Å². The van der Waals surface area contributed by atoms with E-state index in [4.69, 9.17) is 8.83 Å². The van der Waals surface area contributed by atoms with Crippen LogP contribution in [0.4, 0.5) is 11.4 Å². The van der Waals surface area contributed by atoms with Crippen LogP contribution in [0.1, 0.15) is 0 Å². The van der Waals surface area contributed by atoms with Crippen molar-refractivity contribution in [3.8, 4) is 33.4 Å². The summed E-state index contributed by atoms with van der Waals surface area (Å²) in [5, 5.41) is 8.15. The Morgan fingerprint density at radius 3 is 1.78 bits per heavy atom. The highest BCUT2D eigenvalue weighted by Crippen LogP contribution is 2.41. The summed E-state index contributed by atoms with van der Waals surface area (Å²) in [6.45, 7) is 0. The van der Waals surface area contributed by atoms with E-state index in [0.717, 1.165) is 77.5 Å². The third-order valence-electron chi connectivity index (χ3n) is 8.70. The van der Waals surface area contributed by atoms with Gasteiger partial charge in [0.15, 0.2) is 0 Å². The van der Waals surface area contributed by atoms with Gasteiger partial charge in [-0.3, -0.25) is 0 Å². The normalized spacial score (nSPS) is 11.6. The largest absolute Gasteiger partial charge is 0.456 e. The molecule has 9 aromatic rings. The van der Waals surface area contributed by atoms with E-state index in [1.165, 1.54) is 11.1 Å². The van der Waals surface area contributed by atoms with Crippen LogP contribution in [0.2, 0.25) is 0 Å². The summed E-state index contributed by atoms with van der Waals surface area (Å²) in [6.07, 6.45) is 0. The topological polar surface area (TPSA) is 38.3 Å². The fourth-order valence-electron chi connectivity index (χ4n) is 6.49. The number of nitrogens with one attached hydrogen (secondary N) is 1. The van der Waals surface area contributed by atoms with E-state index in [9.17, 15) is 0 Å². The van der Waals surface area contributed by atoms with Crippen molar-refractivity contribution >= 4 is 55.3 Å². The Kier molecular flexibility index (Phi) is 5.82. The molecule has 9 rings (SSSR count). The first-order valence-corrected chi connectivity index (χ1v) is 15.2. The molecule has 0 aliphatic heterocycles. The zero-order chi connectivity index (χ0) is 29.7. The van der Waals surface area contributed by atoms with E-state index in [0.29, 0.717) is 0 Å². The van der Waals surface area contributed by atoms with Crippen LogP contribution >= 0.6 is 0 Å². The Bertz CT molecular complexity index is 2480. The fraction of sp³-hybridized carbons (Fsp3) is 0. The molecule has 1 N–H and O–H groups in total. The van der Waals surface area contributed by atoms with Gasteiger partial charge in [-0.15, -0.1) is 0 Å². The summed E-state index contributed by atoms with van der Waals surface area (Å²) < 4.78 is 12.5. The lowest BCUT2D eigenvalue weighted by atomic mass is 9.96. The minimum absolute atomic E-state index is 0.860. The van der Waals surface area contributed by atoms with Gasteiger partial charge in [0.05, 0.1) is 11.1 Å². The molecule has 0 aliphatic carbocycles. The molecule has 3 heteroatoms. The summed E-state index contributed by atoms with van der Waals surface area (Å²) in [4.78, 5) is 0. The molecule has 3 nitrogen and oxygen atoms in total. The van der Waals surface area contributed by atoms with E-state index in [1.54, 1.807) is 0 Å². The first-order valence-electron chi connectivity index (χ1n) is 15.2. The Morgan fingerprint density at radius 1 is 0.356 bits per heavy atom. The van der Waals surface area contributed by atoms with Gasteiger partial charge in [0.25, 0.3) is 0 Å². The summed E-state index contributed by atoms with van der Waals surface area (Å²) in [7, 11) is 0. The highest BCUT2D eigenvalue weighted by molar-refractivity contribution is 6.17. The van der Waals surface area contributed by atoms with Gasteiger partial charge in [-0.25, -0.2) is 0 Å². The van der Waals surface area contributed by atoms with Crippen molar-refractivity contribution in [1.29, 1.82) is 0 Å². The molecular weight excluding hydrogens is 550 g/mol. The number of benzene rings is 7. The van der Waals surface area contributed by atoms with Gasteiger partial charge in [0.1, 0.15) is 22.3 Å². The minimum Gasteiger partial charge on any atom is -0.456 e. The van der Waals surface area contributed by atoms with Gasteiger partial charge >= 0.3 is 0 Å². The van der Waals surface area contributed by atoms with Crippen molar-refractivity contribution < 1.29 is 8.83 Å². The van der Waals surface area contributed by atoms with Gasteiger partial charge in [0.2, 0.25) is 0 Å². The molecule has 0 spiro atoms. The second-order valence-electron chi connectivity index (χ2n) is 11.4. The average Bonchev–Trinajstić information content (AvgIpc) is 3.68. The van der Waals surface area contributed by atoms with Crippen LogP contribution in [0.15, 0.2) is 167 Å². The number of furan rings is 2. The van der Waals surface area contributed by atoms with Crippen LogP contribution in [0.25, 0.3) is 77.3 Å². The number of rotatable bonds is 5. The Labute approximate surface area is 260 Å². The van der Waals surface area contributed by atoms with Crippen LogP contribution in [0.3, 0.4) is 0 Å². The molecule has 0 amide bonds. The average molecular weight is 578 g/mol. The van der Waals surface area contributed by atoms with Crippen molar-refractivity contribution in [3.05, 3.63) is 158 Å². The molecule has 45 heavy (non-hydrogen) atoms. The van der Waals surface area contributed by atoms with Gasteiger partial charge in [-0.05, 0) is 81.9 Å². The molecule has 0 bridgehead atoms. The van der Waals surface area contributed by atoms with E-state index in [1.807, 2.05) is 36.4 Å². The number of para-hydroxylation sites is 1. The zero-order valence-electron chi connectivity index (χ0n) is 24.3. The number of hydrogen-bond donors (Lipinski definition) is 1. The van der Waals surface area contributed by atoms with Crippen LogP contribution in [0, 0.1) is 0 Å². The molecule has 2 aromatic heterocycles. The van der Waals surface area contributed by atoms with E-state index < -0.39 is 0 Å². The number of anilines is 2. The molecule has 0 atom stereocenters. The maximum Gasteiger partial charge on any atom is 0.137 e. The zero-order valence-corrected chi connectivity index (χ0v) is 24.3. The third-order valence-corrected chi connectivity index (χ3v) is 8.70. The molecule has 0 fully saturated rings. The highest BCUT2D eigenvalue weighted by Gasteiger charge is 2.16. The molecule has 0 saturated carbocycles. The first-order chi connectivity index (χ1) is 22.3. The quantitative estimate of drug-likeness (QED) is 0.221.